The van der Waals surface area contributed by atoms with Gasteiger partial charge in [-0.2, -0.15) is 0 Å². The number of carbonyl (C=O) groups excluding carboxylic acids is 1. The lowest BCUT2D eigenvalue weighted by Crippen LogP contribution is -2.18. The number of rotatable bonds is 3. The van der Waals surface area contributed by atoms with Gasteiger partial charge in [-0.1, -0.05) is 40.5 Å². The zero-order valence-corrected chi connectivity index (χ0v) is 12.9. The van der Waals surface area contributed by atoms with Gasteiger partial charge in [0.1, 0.15) is 5.78 Å². The second-order valence-corrected chi connectivity index (χ2v) is 6.05. The Morgan fingerprint density at radius 1 is 1.53 bits per heavy atom. The SMILES string of the molecule is CC(=O)C(Br)C(C)c1ccc(Cl)cc1I. The van der Waals surface area contributed by atoms with Gasteiger partial charge in [0, 0.05) is 14.5 Å². The van der Waals surface area contributed by atoms with Gasteiger partial charge in [0.2, 0.25) is 0 Å². The van der Waals surface area contributed by atoms with Crippen molar-refractivity contribution in [3.05, 3.63) is 32.4 Å². The van der Waals surface area contributed by atoms with Crippen molar-refractivity contribution in [1.29, 1.82) is 0 Å². The second-order valence-electron chi connectivity index (χ2n) is 3.47. The maximum atomic E-state index is 11.3. The van der Waals surface area contributed by atoms with Crippen LogP contribution < -0.4 is 0 Å². The topological polar surface area (TPSA) is 17.1 Å². The first-order chi connectivity index (χ1) is 6.93. The highest BCUT2D eigenvalue weighted by molar-refractivity contribution is 14.1. The summed E-state index contributed by atoms with van der Waals surface area (Å²) in [7, 11) is 0. The molecule has 0 fully saturated rings. The number of hydrogen-bond donors (Lipinski definition) is 0. The molecule has 1 nitrogen and oxygen atoms in total. The average Bonchev–Trinajstić information content (AvgIpc) is 2.15. The van der Waals surface area contributed by atoms with Crippen LogP contribution in [0.5, 0.6) is 0 Å². The van der Waals surface area contributed by atoms with E-state index in [9.17, 15) is 4.79 Å². The van der Waals surface area contributed by atoms with Crippen molar-refractivity contribution in [3.63, 3.8) is 0 Å². The Morgan fingerprint density at radius 2 is 2.13 bits per heavy atom. The third-order valence-corrected chi connectivity index (χ3v) is 4.89. The fraction of sp³-hybridized carbons (Fsp3) is 0.364. The summed E-state index contributed by atoms with van der Waals surface area (Å²) in [6.07, 6.45) is 0. The number of carbonyl (C=O) groups is 1. The molecule has 1 aromatic carbocycles. The number of hydrogen-bond acceptors (Lipinski definition) is 1. The fourth-order valence-corrected chi connectivity index (χ4v) is 3.03. The van der Waals surface area contributed by atoms with Gasteiger partial charge >= 0.3 is 0 Å². The van der Waals surface area contributed by atoms with Crippen molar-refractivity contribution in [2.24, 2.45) is 0 Å². The minimum absolute atomic E-state index is 0.132. The zero-order chi connectivity index (χ0) is 11.6. The van der Waals surface area contributed by atoms with E-state index in [0.29, 0.717) is 0 Å². The van der Waals surface area contributed by atoms with Crippen LogP contribution in [-0.2, 0) is 4.79 Å². The van der Waals surface area contributed by atoms with Crippen LogP contribution in [0.25, 0.3) is 0 Å². The molecule has 0 aromatic heterocycles. The minimum Gasteiger partial charge on any atom is -0.299 e. The van der Waals surface area contributed by atoms with Gasteiger partial charge in [0.25, 0.3) is 0 Å². The van der Waals surface area contributed by atoms with E-state index < -0.39 is 0 Å². The molecule has 0 radical (unpaired) electrons. The van der Waals surface area contributed by atoms with Crippen molar-refractivity contribution < 1.29 is 4.79 Å². The minimum atomic E-state index is -0.132. The number of benzene rings is 1. The van der Waals surface area contributed by atoms with Gasteiger partial charge < -0.3 is 0 Å². The van der Waals surface area contributed by atoms with Crippen LogP contribution in [0.3, 0.4) is 0 Å². The van der Waals surface area contributed by atoms with Crippen molar-refractivity contribution in [1.82, 2.24) is 0 Å². The van der Waals surface area contributed by atoms with Crippen molar-refractivity contribution in [2.45, 2.75) is 24.6 Å². The number of ketones is 1. The third kappa shape index (κ3) is 3.43. The zero-order valence-electron chi connectivity index (χ0n) is 8.43. The third-order valence-electron chi connectivity index (χ3n) is 2.28. The maximum Gasteiger partial charge on any atom is 0.144 e. The highest BCUT2D eigenvalue weighted by atomic mass is 127. The van der Waals surface area contributed by atoms with Gasteiger partial charge in [-0.25, -0.2) is 0 Å². The fourth-order valence-electron chi connectivity index (χ4n) is 1.38. The van der Waals surface area contributed by atoms with Crippen molar-refractivity contribution in [3.8, 4) is 0 Å². The van der Waals surface area contributed by atoms with E-state index in [0.717, 1.165) is 14.2 Å². The van der Waals surface area contributed by atoms with E-state index in [-0.39, 0.29) is 16.5 Å². The predicted molar refractivity (Wildman–Crippen MR) is 76.0 cm³/mol. The van der Waals surface area contributed by atoms with E-state index in [1.165, 1.54) is 0 Å². The van der Waals surface area contributed by atoms with E-state index in [1.807, 2.05) is 25.1 Å². The molecule has 2 atom stereocenters. The molecule has 0 amide bonds. The first kappa shape index (κ1) is 13.5. The Balaban J connectivity index is 3.01. The molecule has 4 heteroatoms. The Labute approximate surface area is 117 Å². The summed E-state index contributed by atoms with van der Waals surface area (Å²) in [4.78, 5) is 11.1. The summed E-state index contributed by atoms with van der Waals surface area (Å²) in [5, 5.41) is 0.726. The molecule has 1 aromatic rings. The molecule has 0 saturated carbocycles. The van der Waals surface area contributed by atoms with Gasteiger partial charge in [-0.15, -0.1) is 0 Å². The number of Topliss-reactive ketones (excluding diaryl/α,β-unsaturated/α-hetero) is 1. The number of halogens is 3. The smallest absolute Gasteiger partial charge is 0.144 e. The van der Waals surface area contributed by atoms with Crippen molar-refractivity contribution in [2.75, 3.05) is 0 Å². The van der Waals surface area contributed by atoms with Crippen LogP contribution >= 0.6 is 50.1 Å². The predicted octanol–water partition coefficient (Wildman–Crippen LogP) is 4.40. The summed E-state index contributed by atoms with van der Waals surface area (Å²) in [6.45, 7) is 3.63. The Kier molecular flexibility index (Phi) is 5.06. The Morgan fingerprint density at radius 3 is 2.60 bits per heavy atom. The lowest BCUT2D eigenvalue weighted by Gasteiger charge is -2.17. The maximum absolute atomic E-state index is 11.3. The van der Waals surface area contributed by atoms with Crippen LogP contribution in [0.2, 0.25) is 5.02 Å². The quantitative estimate of drug-likeness (QED) is 0.542. The lowest BCUT2D eigenvalue weighted by molar-refractivity contribution is -0.116. The van der Waals surface area contributed by atoms with Gasteiger partial charge in [-0.05, 0) is 47.2 Å². The molecule has 0 N–H and O–H groups in total. The van der Waals surface area contributed by atoms with E-state index >= 15 is 0 Å². The molecule has 0 aliphatic carbocycles. The Hall–Kier alpha value is 0.390. The molecule has 0 heterocycles. The molecule has 0 aliphatic rings. The van der Waals surface area contributed by atoms with E-state index in [4.69, 9.17) is 11.6 Å². The first-order valence-electron chi connectivity index (χ1n) is 4.53. The highest BCUT2D eigenvalue weighted by Gasteiger charge is 2.21. The number of alkyl halides is 1. The molecular formula is C11H11BrClIO. The molecule has 1 rings (SSSR count). The molecule has 82 valence electrons. The largest absolute Gasteiger partial charge is 0.299 e. The Bertz CT molecular complexity index is 381. The van der Waals surface area contributed by atoms with Gasteiger partial charge in [-0.3, -0.25) is 4.79 Å². The highest BCUT2D eigenvalue weighted by Crippen LogP contribution is 2.30. The van der Waals surface area contributed by atoms with E-state index in [2.05, 4.69) is 38.5 Å². The monoisotopic (exact) mass is 400 g/mol. The lowest BCUT2D eigenvalue weighted by atomic mass is 9.96. The summed E-state index contributed by atoms with van der Waals surface area (Å²) in [6, 6.07) is 5.75. The molecule has 0 spiro atoms. The molecular weight excluding hydrogens is 390 g/mol. The van der Waals surface area contributed by atoms with E-state index in [1.54, 1.807) is 6.92 Å². The summed E-state index contributed by atoms with van der Waals surface area (Å²) in [5.74, 6) is 0.305. The van der Waals surface area contributed by atoms with Crippen LogP contribution in [-0.4, -0.2) is 10.6 Å². The molecule has 0 bridgehead atoms. The second kappa shape index (κ2) is 5.64. The molecule has 0 aliphatic heterocycles. The summed E-state index contributed by atoms with van der Waals surface area (Å²) >= 11 is 11.5. The van der Waals surface area contributed by atoms with Gasteiger partial charge in [0.05, 0.1) is 4.83 Å². The summed E-state index contributed by atoms with van der Waals surface area (Å²) in [5.41, 5.74) is 1.15. The molecule has 2 unspecified atom stereocenters. The van der Waals surface area contributed by atoms with Gasteiger partial charge in [0.15, 0.2) is 0 Å². The van der Waals surface area contributed by atoms with Crippen LogP contribution in [0.1, 0.15) is 25.3 Å². The standard InChI is InChI=1S/C11H11BrClIO/c1-6(11(12)7(2)15)9-4-3-8(13)5-10(9)14/h3-6,11H,1-2H3. The molecule has 0 saturated heterocycles. The van der Waals surface area contributed by atoms with Crippen molar-refractivity contribution >= 4 is 55.9 Å². The van der Waals surface area contributed by atoms with Crippen LogP contribution in [0.15, 0.2) is 18.2 Å². The van der Waals surface area contributed by atoms with Crippen LogP contribution in [0.4, 0.5) is 0 Å². The normalized spacial score (nSPS) is 14.7. The average molecular weight is 401 g/mol. The molecule has 15 heavy (non-hydrogen) atoms. The summed E-state index contributed by atoms with van der Waals surface area (Å²) < 4.78 is 1.10. The van der Waals surface area contributed by atoms with Crippen LogP contribution in [0, 0.1) is 3.57 Å². The first-order valence-corrected chi connectivity index (χ1v) is 6.90.